The molecule has 3 unspecified atom stereocenters. The molecule has 3 aromatic rings. The smallest absolute Gasteiger partial charge is 0.251 e. The molecule has 1 fully saturated rings. The number of carbonyl (C=O) groups excluding carboxylic acids is 1. The molecule has 1 N–H and O–H groups in total. The second-order valence-corrected chi connectivity index (χ2v) is 10.9. The quantitative estimate of drug-likeness (QED) is 0.599. The van der Waals surface area contributed by atoms with Gasteiger partial charge in [0.15, 0.2) is 0 Å². The number of aromatic nitrogens is 3. The molecule has 0 saturated carbocycles. The third-order valence-corrected chi connectivity index (χ3v) is 7.82. The fourth-order valence-electron chi connectivity index (χ4n) is 4.37. The van der Waals surface area contributed by atoms with Gasteiger partial charge in [0.25, 0.3) is 5.91 Å². The highest BCUT2D eigenvalue weighted by atomic mass is 32.2. The van der Waals surface area contributed by atoms with E-state index in [-0.39, 0.29) is 16.8 Å². The Morgan fingerprint density at radius 1 is 1.09 bits per heavy atom. The van der Waals surface area contributed by atoms with Gasteiger partial charge in [-0.1, -0.05) is 32.0 Å². The summed E-state index contributed by atoms with van der Waals surface area (Å²) in [7, 11) is -3.65. The Labute approximate surface area is 194 Å². The van der Waals surface area contributed by atoms with Gasteiger partial charge in [0.05, 0.1) is 16.6 Å². The summed E-state index contributed by atoms with van der Waals surface area (Å²) in [6, 6.07) is 13.7. The van der Waals surface area contributed by atoms with E-state index >= 15 is 0 Å². The Morgan fingerprint density at radius 2 is 1.79 bits per heavy atom. The molecule has 1 aromatic heterocycles. The molecule has 33 heavy (non-hydrogen) atoms. The molecule has 2 aromatic carbocycles. The standard InChI is InChI=1S/C24H29N5O3S/c1-17-11-18(2)14-28(13-17)33(31,32)23-6-4-5-21(12-23)24(30)27-19(3)20-7-9-22(10-8-20)29-16-25-15-26-29/h4-10,12,15-19H,11,13-14H2,1-3H3,(H,27,30). The maximum absolute atomic E-state index is 13.2. The predicted molar refractivity (Wildman–Crippen MR) is 125 cm³/mol. The Morgan fingerprint density at radius 3 is 2.42 bits per heavy atom. The summed E-state index contributed by atoms with van der Waals surface area (Å²) in [4.78, 5) is 17.0. The molecule has 0 radical (unpaired) electrons. The number of hydrogen-bond donors (Lipinski definition) is 1. The van der Waals surface area contributed by atoms with Gasteiger partial charge >= 0.3 is 0 Å². The van der Waals surface area contributed by atoms with Crippen LogP contribution in [0.5, 0.6) is 0 Å². The zero-order valence-corrected chi connectivity index (χ0v) is 19.9. The highest BCUT2D eigenvalue weighted by Crippen LogP contribution is 2.27. The van der Waals surface area contributed by atoms with E-state index in [1.807, 2.05) is 31.2 Å². The van der Waals surface area contributed by atoms with Crippen LogP contribution in [0.25, 0.3) is 5.69 Å². The second kappa shape index (κ2) is 9.44. The normalized spacial score (nSPS) is 20.3. The van der Waals surface area contributed by atoms with Crippen molar-refractivity contribution in [2.24, 2.45) is 11.8 Å². The minimum absolute atomic E-state index is 0.154. The number of nitrogens with zero attached hydrogens (tertiary/aromatic N) is 4. The lowest BCUT2D eigenvalue weighted by atomic mass is 9.94. The number of sulfonamides is 1. The zero-order chi connectivity index (χ0) is 23.6. The van der Waals surface area contributed by atoms with Crippen molar-refractivity contribution in [3.05, 3.63) is 72.3 Å². The minimum Gasteiger partial charge on any atom is -0.346 e. The SMILES string of the molecule is CC1CC(C)CN(S(=O)(=O)c2cccc(C(=O)NC(C)c3ccc(-n4cncn4)cc3)c2)C1. The van der Waals surface area contributed by atoms with E-state index in [1.165, 1.54) is 12.4 Å². The van der Waals surface area contributed by atoms with Gasteiger partial charge in [-0.2, -0.15) is 9.40 Å². The topological polar surface area (TPSA) is 97.2 Å². The van der Waals surface area contributed by atoms with Gasteiger partial charge in [-0.15, -0.1) is 0 Å². The Kier molecular flexibility index (Phi) is 6.62. The highest BCUT2D eigenvalue weighted by molar-refractivity contribution is 7.89. The average Bonchev–Trinajstić information content (AvgIpc) is 3.33. The monoisotopic (exact) mass is 467 g/mol. The number of hydrogen-bond acceptors (Lipinski definition) is 5. The van der Waals surface area contributed by atoms with E-state index < -0.39 is 10.0 Å². The van der Waals surface area contributed by atoms with Crippen LogP contribution in [0.3, 0.4) is 0 Å². The number of nitrogens with one attached hydrogen (secondary N) is 1. The van der Waals surface area contributed by atoms with Crippen LogP contribution in [0.15, 0.2) is 66.1 Å². The Balaban J connectivity index is 1.47. The van der Waals surface area contributed by atoms with Gasteiger partial charge in [-0.3, -0.25) is 4.79 Å². The molecule has 0 spiro atoms. The first-order valence-electron chi connectivity index (χ1n) is 11.1. The van der Waals surface area contributed by atoms with Crippen molar-refractivity contribution in [1.29, 1.82) is 0 Å². The first-order chi connectivity index (χ1) is 15.7. The van der Waals surface area contributed by atoms with E-state index in [1.54, 1.807) is 33.5 Å². The van der Waals surface area contributed by atoms with Crippen molar-refractivity contribution in [3.8, 4) is 5.69 Å². The molecule has 1 saturated heterocycles. The second-order valence-electron chi connectivity index (χ2n) is 8.92. The van der Waals surface area contributed by atoms with Gasteiger partial charge in [0.2, 0.25) is 10.0 Å². The summed E-state index contributed by atoms with van der Waals surface area (Å²) in [6.45, 7) is 7.04. The molecule has 3 atom stereocenters. The average molecular weight is 468 g/mol. The lowest BCUT2D eigenvalue weighted by Crippen LogP contribution is -2.42. The van der Waals surface area contributed by atoms with Crippen LogP contribution in [-0.2, 0) is 10.0 Å². The van der Waals surface area contributed by atoms with E-state index in [9.17, 15) is 13.2 Å². The zero-order valence-electron chi connectivity index (χ0n) is 19.0. The van der Waals surface area contributed by atoms with Crippen molar-refractivity contribution < 1.29 is 13.2 Å². The third kappa shape index (κ3) is 5.15. The molecule has 9 heteroatoms. The van der Waals surface area contributed by atoms with Crippen molar-refractivity contribution in [1.82, 2.24) is 24.4 Å². The summed E-state index contributed by atoms with van der Waals surface area (Å²) in [5.74, 6) is 0.305. The van der Waals surface area contributed by atoms with Crippen LogP contribution in [0.1, 0.15) is 49.2 Å². The van der Waals surface area contributed by atoms with E-state index in [2.05, 4.69) is 29.2 Å². The Bertz CT molecular complexity index is 1200. The van der Waals surface area contributed by atoms with Crippen LogP contribution in [0.2, 0.25) is 0 Å². The van der Waals surface area contributed by atoms with Crippen LogP contribution >= 0.6 is 0 Å². The minimum atomic E-state index is -3.65. The maximum atomic E-state index is 13.2. The summed E-state index contributed by atoms with van der Waals surface area (Å²) in [5, 5.41) is 7.06. The number of benzene rings is 2. The number of carbonyl (C=O) groups is 1. The van der Waals surface area contributed by atoms with Crippen LogP contribution in [0, 0.1) is 11.8 Å². The fraction of sp³-hybridized carbons (Fsp3) is 0.375. The van der Waals surface area contributed by atoms with Crippen LogP contribution < -0.4 is 5.32 Å². The first-order valence-corrected chi connectivity index (χ1v) is 12.5. The van der Waals surface area contributed by atoms with Crippen molar-refractivity contribution in [2.75, 3.05) is 13.1 Å². The molecule has 8 nitrogen and oxygen atoms in total. The van der Waals surface area contributed by atoms with E-state index in [0.717, 1.165) is 17.7 Å². The molecule has 0 aliphatic carbocycles. The molecule has 4 rings (SSSR count). The molecule has 1 aliphatic rings. The van der Waals surface area contributed by atoms with E-state index in [0.29, 0.717) is 30.5 Å². The predicted octanol–water partition coefficient (Wildman–Crippen LogP) is 3.42. The van der Waals surface area contributed by atoms with Gasteiger partial charge in [0, 0.05) is 18.7 Å². The molecular weight excluding hydrogens is 438 g/mol. The van der Waals surface area contributed by atoms with Gasteiger partial charge < -0.3 is 5.32 Å². The van der Waals surface area contributed by atoms with Crippen molar-refractivity contribution in [3.63, 3.8) is 0 Å². The first kappa shape index (κ1) is 23.1. The molecule has 2 heterocycles. The summed E-state index contributed by atoms with van der Waals surface area (Å²) in [5.41, 5.74) is 2.11. The summed E-state index contributed by atoms with van der Waals surface area (Å²) >= 11 is 0. The van der Waals surface area contributed by atoms with Crippen LogP contribution in [0.4, 0.5) is 0 Å². The van der Waals surface area contributed by atoms with Gasteiger partial charge in [-0.25, -0.2) is 18.1 Å². The number of piperidine rings is 1. The highest BCUT2D eigenvalue weighted by Gasteiger charge is 2.32. The molecule has 174 valence electrons. The maximum Gasteiger partial charge on any atom is 0.251 e. The molecule has 0 bridgehead atoms. The molecule has 1 aliphatic heterocycles. The van der Waals surface area contributed by atoms with Crippen molar-refractivity contribution >= 4 is 15.9 Å². The summed E-state index contributed by atoms with van der Waals surface area (Å²) in [6.07, 6.45) is 4.11. The van der Waals surface area contributed by atoms with Crippen molar-refractivity contribution in [2.45, 2.75) is 38.1 Å². The van der Waals surface area contributed by atoms with E-state index in [4.69, 9.17) is 0 Å². The van der Waals surface area contributed by atoms with Crippen LogP contribution in [-0.4, -0.2) is 46.5 Å². The number of amides is 1. The molecular formula is C24H29N5O3S. The Hall–Kier alpha value is -3.04. The molecule has 1 amide bonds. The van der Waals surface area contributed by atoms with Gasteiger partial charge in [-0.05, 0) is 61.1 Å². The van der Waals surface area contributed by atoms with Gasteiger partial charge in [0.1, 0.15) is 12.7 Å². The third-order valence-electron chi connectivity index (χ3n) is 5.99. The number of rotatable bonds is 6. The summed E-state index contributed by atoms with van der Waals surface area (Å²) < 4.78 is 29.6. The lowest BCUT2D eigenvalue weighted by molar-refractivity contribution is 0.0939. The fourth-order valence-corrected chi connectivity index (χ4v) is 6.10. The largest absolute Gasteiger partial charge is 0.346 e. The lowest BCUT2D eigenvalue weighted by Gasteiger charge is -2.34.